The van der Waals surface area contributed by atoms with E-state index in [1.54, 1.807) is 0 Å². The predicted molar refractivity (Wildman–Crippen MR) is 106 cm³/mol. The maximum Gasteiger partial charge on any atom is 0.0493 e. The van der Waals surface area contributed by atoms with Crippen LogP contribution in [0.25, 0.3) is 10.9 Å². The van der Waals surface area contributed by atoms with E-state index in [1.165, 1.54) is 22.2 Å². The van der Waals surface area contributed by atoms with Crippen LogP contribution in [0.15, 0.2) is 48.5 Å². The molecule has 0 fully saturated rings. The summed E-state index contributed by atoms with van der Waals surface area (Å²) in [7, 11) is 0. The molecule has 24 heavy (non-hydrogen) atoms. The van der Waals surface area contributed by atoms with Gasteiger partial charge in [-0.2, -0.15) is 0 Å². The third-order valence-electron chi connectivity index (χ3n) is 4.38. The average molecular weight is 363 g/mol. The fourth-order valence-electron chi connectivity index (χ4n) is 3.12. The summed E-state index contributed by atoms with van der Waals surface area (Å²) < 4.78 is 2.37. The second-order valence-electron chi connectivity index (χ2n) is 5.94. The van der Waals surface area contributed by atoms with Gasteiger partial charge in [-0.05, 0) is 43.1 Å². The molecule has 0 bridgehead atoms. The first-order valence-electron chi connectivity index (χ1n) is 8.23. The smallest absolute Gasteiger partial charge is 0.0493 e. The zero-order chi connectivity index (χ0) is 16.2. The molecule has 0 aliphatic carbocycles. The Morgan fingerprint density at radius 3 is 2.50 bits per heavy atom. The molecule has 2 nitrogen and oxygen atoms in total. The maximum atomic E-state index is 6.36. The molecule has 0 radical (unpaired) electrons. The van der Waals surface area contributed by atoms with Crippen molar-refractivity contribution in [1.29, 1.82) is 0 Å². The Balaban J connectivity index is 0.00000208. The highest BCUT2D eigenvalue weighted by atomic mass is 35.5. The van der Waals surface area contributed by atoms with Gasteiger partial charge in [0, 0.05) is 34.7 Å². The van der Waals surface area contributed by atoms with Gasteiger partial charge in [-0.1, -0.05) is 54.9 Å². The SMILES string of the molecule is CCCNCc1c(C)n(Cc2ccccc2Cl)c2ccccc12.Cl. The van der Waals surface area contributed by atoms with Crippen molar-refractivity contribution < 1.29 is 0 Å². The van der Waals surface area contributed by atoms with Crippen molar-refractivity contribution in [2.75, 3.05) is 6.54 Å². The fourth-order valence-corrected chi connectivity index (χ4v) is 3.31. The van der Waals surface area contributed by atoms with Gasteiger partial charge >= 0.3 is 0 Å². The molecule has 128 valence electrons. The number of fused-ring (bicyclic) bond motifs is 1. The molecule has 4 heteroatoms. The molecule has 3 rings (SSSR count). The summed E-state index contributed by atoms with van der Waals surface area (Å²) in [6.07, 6.45) is 1.15. The Labute approximate surface area is 155 Å². The van der Waals surface area contributed by atoms with E-state index in [0.29, 0.717) is 0 Å². The molecule has 1 heterocycles. The summed E-state index contributed by atoms with van der Waals surface area (Å²) in [5.41, 5.74) is 5.14. The number of halogens is 2. The van der Waals surface area contributed by atoms with E-state index in [2.05, 4.69) is 54.1 Å². The molecule has 0 saturated heterocycles. The zero-order valence-electron chi connectivity index (χ0n) is 14.2. The third kappa shape index (κ3) is 3.77. The van der Waals surface area contributed by atoms with Gasteiger partial charge in [-0.3, -0.25) is 0 Å². The van der Waals surface area contributed by atoms with Crippen LogP contribution < -0.4 is 5.32 Å². The molecule has 3 aromatic rings. The van der Waals surface area contributed by atoms with Crippen molar-refractivity contribution in [2.45, 2.75) is 33.4 Å². The Morgan fingerprint density at radius 2 is 1.75 bits per heavy atom. The lowest BCUT2D eigenvalue weighted by atomic mass is 10.1. The van der Waals surface area contributed by atoms with Crippen LogP contribution >= 0.6 is 24.0 Å². The first-order valence-corrected chi connectivity index (χ1v) is 8.61. The number of nitrogens with zero attached hydrogens (tertiary/aromatic N) is 1. The number of para-hydroxylation sites is 1. The fraction of sp³-hybridized carbons (Fsp3) is 0.300. The highest BCUT2D eigenvalue weighted by molar-refractivity contribution is 6.31. The van der Waals surface area contributed by atoms with E-state index >= 15 is 0 Å². The van der Waals surface area contributed by atoms with Crippen LogP contribution in [0.1, 0.15) is 30.2 Å². The number of benzene rings is 2. The minimum absolute atomic E-state index is 0. The lowest BCUT2D eigenvalue weighted by Gasteiger charge is -2.11. The molecule has 0 amide bonds. The zero-order valence-corrected chi connectivity index (χ0v) is 15.8. The van der Waals surface area contributed by atoms with Gasteiger partial charge in [0.2, 0.25) is 0 Å². The minimum Gasteiger partial charge on any atom is -0.340 e. The summed E-state index contributed by atoms with van der Waals surface area (Å²) in [6.45, 7) is 7.17. The van der Waals surface area contributed by atoms with Crippen molar-refractivity contribution in [2.24, 2.45) is 0 Å². The summed E-state index contributed by atoms with van der Waals surface area (Å²) in [5, 5.41) is 5.70. The van der Waals surface area contributed by atoms with Crippen molar-refractivity contribution in [3.8, 4) is 0 Å². The summed E-state index contributed by atoms with van der Waals surface area (Å²) in [4.78, 5) is 0. The standard InChI is InChI=1S/C20H23ClN2.ClH/c1-3-12-22-13-18-15(2)23(20-11-7-5-9-17(18)20)14-16-8-4-6-10-19(16)21;/h4-11,22H,3,12-14H2,1-2H3;1H. The predicted octanol–water partition coefficient (Wildman–Crippen LogP) is 5.57. The van der Waals surface area contributed by atoms with E-state index in [4.69, 9.17) is 11.6 Å². The number of aromatic nitrogens is 1. The monoisotopic (exact) mass is 362 g/mol. The van der Waals surface area contributed by atoms with Crippen molar-refractivity contribution in [3.63, 3.8) is 0 Å². The molecule has 0 saturated carbocycles. The van der Waals surface area contributed by atoms with Gasteiger partial charge in [0.15, 0.2) is 0 Å². The second-order valence-corrected chi connectivity index (χ2v) is 6.34. The van der Waals surface area contributed by atoms with E-state index in [1.807, 2.05) is 18.2 Å². The maximum absolute atomic E-state index is 6.36. The lowest BCUT2D eigenvalue weighted by Crippen LogP contribution is -2.14. The largest absolute Gasteiger partial charge is 0.340 e. The quantitative estimate of drug-likeness (QED) is 0.566. The van der Waals surface area contributed by atoms with E-state index in [0.717, 1.165) is 36.6 Å². The van der Waals surface area contributed by atoms with Gasteiger partial charge in [0.1, 0.15) is 0 Å². The Morgan fingerprint density at radius 1 is 1.04 bits per heavy atom. The summed E-state index contributed by atoms with van der Waals surface area (Å²) in [6, 6.07) is 16.7. The molecule has 0 unspecified atom stereocenters. The van der Waals surface area contributed by atoms with Gasteiger partial charge in [-0.25, -0.2) is 0 Å². The molecule has 0 aliphatic heterocycles. The van der Waals surface area contributed by atoms with Crippen LogP contribution in [-0.4, -0.2) is 11.1 Å². The topological polar surface area (TPSA) is 17.0 Å². The molecule has 2 aromatic carbocycles. The molecular weight excluding hydrogens is 339 g/mol. The molecule has 0 spiro atoms. The third-order valence-corrected chi connectivity index (χ3v) is 4.75. The number of rotatable bonds is 6. The molecule has 1 aromatic heterocycles. The van der Waals surface area contributed by atoms with Gasteiger partial charge in [0.05, 0.1) is 0 Å². The van der Waals surface area contributed by atoms with Crippen LogP contribution in [-0.2, 0) is 13.1 Å². The van der Waals surface area contributed by atoms with E-state index in [9.17, 15) is 0 Å². The van der Waals surface area contributed by atoms with Crippen molar-refractivity contribution in [1.82, 2.24) is 9.88 Å². The second kappa shape index (κ2) is 8.57. The minimum atomic E-state index is 0. The number of hydrogen-bond donors (Lipinski definition) is 1. The van der Waals surface area contributed by atoms with Crippen LogP contribution in [0.4, 0.5) is 0 Å². The summed E-state index contributed by atoms with van der Waals surface area (Å²) >= 11 is 6.36. The Bertz CT molecular complexity index is 809. The molecule has 1 N–H and O–H groups in total. The van der Waals surface area contributed by atoms with Gasteiger partial charge in [-0.15, -0.1) is 12.4 Å². The Kier molecular flexibility index (Phi) is 6.73. The first kappa shape index (κ1) is 18.9. The van der Waals surface area contributed by atoms with Crippen LogP contribution in [0.5, 0.6) is 0 Å². The van der Waals surface area contributed by atoms with E-state index < -0.39 is 0 Å². The molecular formula is C20H24Cl2N2. The average Bonchev–Trinajstić information content (AvgIpc) is 2.83. The van der Waals surface area contributed by atoms with Gasteiger partial charge in [0.25, 0.3) is 0 Å². The number of hydrogen-bond acceptors (Lipinski definition) is 1. The summed E-state index contributed by atoms with van der Waals surface area (Å²) in [5.74, 6) is 0. The Hall–Kier alpha value is -1.48. The number of nitrogens with one attached hydrogen (secondary N) is 1. The van der Waals surface area contributed by atoms with Crippen molar-refractivity contribution >= 4 is 34.9 Å². The van der Waals surface area contributed by atoms with Crippen molar-refractivity contribution in [3.05, 3.63) is 70.4 Å². The highest BCUT2D eigenvalue weighted by Gasteiger charge is 2.14. The molecule has 0 aliphatic rings. The lowest BCUT2D eigenvalue weighted by molar-refractivity contribution is 0.670. The van der Waals surface area contributed by atoms with Crippen LogP contribution in [0, 0.1) is 6.92 Å². The normalized spacial score (nSPS) is 10.8. The van der Waals surface area contributed by atoms with Crippen LogP contribution in [0.3, 0.4) is 0 Å². The molecule has 0 atom stereocenters. The highest BCUT2D eigenvalue weighted by Crippen LogP contribution is 2.28. The first-order chi connectivity index (χ1) is 11.2. The van der Waals surface area contributed by atoms with Gasteiger partial charge < -0.3 is 9.88 Å². The van der Waals surface area contributed by atoms with E-state index in [-0.39, 0.29) is 12.4 Å². The van der Waals surface area contributed by atoms with Crippen LogP contribution in [0.2, 0.25) is 5.02 Å².